The number of epoxide rings is 1. The van der Waals surface area contributed by atoms with Crippen LogP contribution in [-0.2, 0) is 34.0 Å². The Kier molecular flexibility index (Phi) is 7.95. The Hall–Kier alpha value is -0.470. The van der Waals surface area contributed by atoms with Crippen LogP contribution in [0.1, 0.15) is 64.2 Å². The first kappa shape index (κ1) is 25.2. The van der Waals surface area contributed by atoms with E-state index in [1.54, 1.807) is 0 Å². The average Bonchev–Trinajstić information content (AvgIpc) is 3.45. The van der Waals surface area contributed by atoms with Crippen LogP contribution in [0.25, 0.3) is 0 Å². The number of rotatable bonds is 12. The van der Waals surface area contributed by atoms with Crippen molar-refractivity contribution in [3.63, 3.8) is 0 Å². The minimum atomic E-state index is -6.03. The van der Waals surface area contributed by atoms with Gasteiger partial charge in [0.1, 0.15) is 6.10 Å². The van der Waals surface area contributed by atoms with Crippen molar-refractivity contribution < 1.29 is 43.7 Å². The lowest BCUT2D eigenvalue weighted by atomic mass is 9.64. The molecule has 8 nitrogen and oxygen atoms in total. The van der Waals surface area contributed by atoms with Crippen LogP contribution in [-0.4, -0.2) is 53.9 Å². The predicted molar refractivity (Wildman–Crippen MR) is 105 cm³/mol. The van der Waals surface area contributed by atoms with E-state index in [2.05, 4.69) is 4.18 Å². The fraction of sp³-hybridized carbons (Fsp3) is 1.00. The van der Waals surface area contributed by atoms with Gasteiger partial charge in [-0.05, 0) is 43.9 Å². The summed E-state index contributed by atoms with van der Waals surface area (Å²) in [6, 6.07) is 0. The molecule has 0 spiro atoms. The maximum Gasteiger partial charge on any atom is 0.512 e. The molecule has 3 unspecified atom stereocenters. The molecule has 2 aliphatic carbocycles. The Bertz CT molecular complexity index is 801. The molecule has 1 N–H and O–H groups in total. The Morgan fingerprint density at radius 2 is 1.68 bits per heavy atom. The number of halogens is 3. The highest BCUT2D eigenvalue weighted by Gasteiger charge is 2.48. The molecule has 0 aromatic rings. The molecular formula is C18H30F3NO7S2. The largest absolute Gasteiger partial charge is 0.512 e. The van der Waals surface area contributed by atoms with Crippen molar-refractivity contribution in [2.24, 2.45) is 11.8 Å². The van der Waals surface area contributed by atoms with E-state index in [1.807, 2.05) is 0 Å². The summed E-state index contributed by atoms with van der Waals surface area (Å²) >= 11 is 0. The van der Waals surface area contributed by atoms with Crippen LogP contribution in [0.15, 0.2) is 0 Å². The van der Waals surface area contributed by atoms with E-state index >= 15 is 0 Å². The molecule has 3 aliphatic rings. The molecule has 0 aromatic carbocycles. The summed E-state index contributed by atoms with van der Waals surface area (Å²) in [6.07, 6.45) is 9.60. The summed E-state index contributed by atoms with van der Waals surface area (Å²) in [5, 5.41) is 0. The molecule has 0 amide bonds. The van der Waals surface area contributed by atoms with E-state index in [1.165, 1.54) is 25.7 Å². The molecule has 1 heterocycles. The first-order valence-electron chi connectivity index (χ1n) is 10.6. The molecule has 2 saturated carbocycles. The zero-order valence-corrected chi connectivity index (χ0v) is 18.9. The number of fused-ring (bicyclic) bond motifs is 2. The molecule has 3 atom stereocenters. The van der Waals surface area contributed by atoms with Crippen LogP contribution in [0.3, 0.4) is 0 Å². The van der Waals surface area contributed by atoms with Crippen molar-refractivity contribution in [3.8, 4) is 0 Å². The van der Waals surface area contributed by atoms with Gasteiger partial charge < -0.3 is 9.47 Å². The van der Waals surface area contributed by atoms with E-state index in [-0.39, 0.29) is 18.1 Å². The van der Waals surface area contributed by atoms with Gasteiger partial charge in [-0.3, -0.25) is 4.18 Å². The Morgan fingerprint density at radius 1 is 1.03 bits per heavy atom. The second kappa shape index (κ2) is 9.80. The normalized spacial score (nSPS) is 31.5. The SMILES string of the molecule is O=S(=O)(NS(=O)(=O)C(F)(F)F)OCCCCCC1(OCC2CO2)CC2CCCC(C2)C1. The number of nitrogens with one attached hydrogen (secondary N) is 1. The van der Waals surface area contributed by atoms with Gasteiger partial charge in [0.25, 0.3) is 0 Å². The van der Waals surface area contributed by atoms with Crippen molar-refractivity contribution in [1.29, 1.82) is 0 Å². The number of alkyl halides is 3. The second-order valence-corrected chi connectivity index (χ2v) is 12.2. The molecule has 0 radical (unpaired) electrons. The third-order valence-electron chi connectivity index (χ3n) is 6.22. The van der Waals surface area contributed by atoms with Gasteiger partial charge in [0, 0.05) is 0 Å². The quantitative estimate of drug-likeness (QED) is 0.329. The van der Waals surface area contributed by atoms with Gasteiger partial charge in [0.15, 0.2) is 0 Å². The predicted octanol–water partition coefficient (Wildman–Crippen LogP) is 3.00. The van der Waals surface area contributed by atoms with Crippen LogP contribution < -0.4 is 4.13 Å². The Labute approximate surface area is 181 Å². The number of hydrogen-bond acceptors (Lipinski definition) is 7. The van der Waals surface area contributed by atoms with Gasteiger partial charge in [-0.1, -0.05) is 36.2 Å². The number of sulfonamides is 1. The zero-order valence-electron chi connectivity index (χ0n) is 17.2. The smallest absolute Gasteiger partial charge is 0.372 e. The summed E-state index contributed by atoms with van der Waals surface area (Å²) in [5.41, 5.74) is -5.93. The first-order chi connectivity index (χ1) is 14.4. The van der Waals surface area contributed by atoms with Gasteiger partial charge in [-0.15, -0.1) is 0 Å². The van der Waals surface area contributed by atoms with Gasteiger partial charge in [-0.25, -0.2) is 8.42 Å². The van der Waals surface area contributed by atoms with E-state index in [4.69, 9.17) is 9.47 Å². The zero-order chi connectivity index (χ0) is 22.8. The minimum absolute atomic E-state index is 0.178. The minimum Gasteiger partial charge on any atom is -0.372 e. The number of unbranched alkanes of at least 4 members (excludes halogenated alkanes) is 2. The van der Waals surface area contributed by atoms with Crippen molar-refractivity contribution in [3.05, 3.63) is 0 Å². The van der Waals surface area contributed by atoms with E-state index in [0.29, 0.717) is 29.0 Å². The maximum absolute atomic E-state index is 12.3. The molecule has 1 saturated heterocycles. The van der Waals surface area contributed by atoms with Crippen molar-refractivity contribution in [1.82, 2.24) is 4.13 Å². The third kappa shape index (κ3) is 7.53. The molecule has 31 heavy (non-hydrogen) atoms. The number of hydrogen-bond donors (Lipinski definition) is 1. The fourth-order valence-corrected chi connectivity index (χ4v) is 6.82. The van der Waals surface area contributed by atoms with Crippen LogP contribution in [0.2, 0.25) is 0 Å². The monoisotopic (exact) mass is 493 g/mol. The number of ether oxygens (including phenoxy) is 2. The highest BCUT2D eigenvalue weighted by molar-refractivity contribution is 8.03. The average molecular weight is 494 g/mol. The molecule has 13 heteroatoms. The standard InChI is InChI=1S/C18H30F3NO7S2/c19-18(20,21)30(23,24)22-31(25,26)29-8-3-1-2-7-17(28-13-16-12-27-16)10-14-5-4-6-15(9-14)11-17/h14-16,22H,1-13H2. The van der Waals surface area contributed by atoms with Gasteiger partial charge in [-0.2, -0.15) is 21.6 Å². The highest BCUT2D eigenvalue weighted by Crippen LogP contribution is 2.48. The summed E-state index contributed by atoms with van der Waals surface area (Å²) < 4.78 is 98.0. The van der Waals surface area contributed by atoms with E-state index in [9.17, 15) is 30.0 Å². The summed E-state index contributed by atoms with van der Waals surface area (Å²) in [6.45, 7) is 0.907. The summed E-state index contributed by atoms with van der Waals surface area (Å²) in [4.78, 5) is 0. The van der Waals surface area contributed by atoms with Crippen LogP contribution in [0.4, 0.5) is 13.2 Å². The second-order valence-electron chi connectivity index (χ2n) is 8.88. The van der Waals surface area contributed by atoms with Crippen LogP contribution in [0.5, 0.6) is 0 Å². The molecule has 3 rings (SSSR count). The molecule has 0 aromatic heterocycles. The van der Waals surface area contributed by atoms with Gasteiger partial charge in [0.2, 0.25) is 0 Å². The van der Waals surface area contributed by atoms with E-state index < -0.39 is 32.4 Å². The lowest BCUT2D eigenvalue weighted by Crippen LogP contribution is -2.44. The van der Waals surface area contributed by atoms with Crippen LogP contribution in [0, 0.1) is 11.8 Å². The molecular weight excluding hydrogens is 463 g/mol. The first-order valence-corrected chi connectivity index (χ1v) is 13.5. The van der Waals surface area contributed by atoms with Crippen molar-refractivity contribution >= 4 is 20.3 Å². The Balaban J connectivity index is 1.41. The van der Waals surface area contributed by atoms with Crippen molar-refractivity contribution in [2.75, 3.05) is 19.8 Å². The lowest BCUT2D eigenvalue weighted by molar-refractivity contribution is -0.115. The van der Waals surface area contributed by atoms with Crippen LogP contribution >= 0.6 is 0 Å². The molecule has 2 bridgehead atoms. The van der Waals surface area contributed by atoms with Gasteiger partial charge >= 0.3 is 25.8 Å². The lowest BCUT2D eigenvalue weighted by Gasteiger charge is -2.47. The Morgan fingerprint density at radius 3 is 2.26 bits per heavy atom. The fourth-order valence-electron chi connectivity index (χ4n) is 4.84. The molecule has 1 aliphatic heterocycles. The maximum atomic E-state index is 12.3. The van der Waals surface area contributed by atoms with E-state index in [0.717, 1.165) is 32.3 Å². The summed E-state index contributed by atoms with van der Waals surface area (Å²) in [5.74, 6) is 1.34. The summed E-state index contributed by atoms with van der Waals surface area (Å²) in [7, 11) is -11.1. The van der Waals surface area contributed by atoms with Crippen molar-refractivity contribution in [2.45, 2.75) is 81.4 Å². The topological polar surface area (TPSA) is 111 Å². The third-order valence-corrected chi connectivity index (χ3v) is 9.00. The van der Waals surface area contributed by atoms with Gasteiger partial charge in [0.05, 0.1) is 25.4 Å². The molecule has 3 fully saturated rings. The molecule has 182 valence electrons. The highest BCUT2D eigenvalue weighted by atomic mass is 32.3.